The van der Waals surface area contributed by atoms with Crippen LogP contribution in [0.2, 0.25) is 0 Å². The summed E-state index contributed by atoms with van der Waals surface area (Å²) >= 11 is 5.59. The van der Waals surface area contributed by atoms with E-state index in [0.29, 0.717) is 5.11 Å². The van der Waals surface area contributed by atoms with E-state index in [1.54, 1.807) is 0 Å². The maximum atomic E-state index is 5.99. The number of nitrogens with zero attached hydrogens (tertiary/aromatic N) is 1. The molecule has 0 fully saturated rings. The second-order valence-electron chi connectivity index (χ2n) is 6.44. The molecule has 1 N–H and O–H groups in total. The Kier molecular flexibility index (Phi) is 5.09. The average Bonchev–Trinajstić information content (AvgIpc) is 2.96. The summed E-state index contributed by atoms with van der Waals surface area (Å²) in [5.74, 6) is 1.03. The minimum absolute atomic E-state index is 0.704. The molecule has 0 saturated heterocycles. The van der Waals surface area contributed by atoms with Gasteiger partial charge in [-0.3, -0.25) is 0 Å². The first kappa shape index (κ1) is 17.5. The summed E-state index contributed by atoms with van der Waals surface area (Å²) in [5.41, 5.74) is 5.71. The summed E-state index contributed by atoms with van der Waals surface area (Å²) in [7, 11) is 2.01. The Morgan fingerprint density at radius 1 is 1.12 bits per heavy atom. The Morgan fingerprint density at radius 3 is 2.60 bits per heavy atom. The predicted octanol–water partition coefficient (Wildman–Crippen LogP) is 5.44. The molecule has 25 heavy (non-hydrogen) atoms. The lowest BCUT2D eigenvalue weighted by Crippen LogP contribution is -2.30. The van der Waals surface area contributed by atoms with Gasteiger partial charge in [-0.05, 0) is 55.4 Å². The lowest BCUT2D eigenvalue weighted by molar-refractivity contribution is 0.488. The fourth-order valence-electron chi connectivity index (χ4n) is 2.96. The summed E-state index contributed by atoms with van der Waals surface area (Å²) in [6.45, 7) is 7.06. The van der Waals surface area contributed by atoms with Crippen LogP contribution >= 0.6 is 12.2 Å². The average molecular weight is 353 g/mol. The number of fused-ring (bicyclic) bond motifs is 1. The van der Waals surface area contributed by atoms with Crippen molar-refractivity contribution in [3.8, 4) is 0 Å². The molecule has 3 rings (SSSR count). The van der Waals surface area contributed by atoms with Gasteiger partial charge in [0.15, 0.2) is 5.11 Å². The van der Waals surface area contributed by atoms with Crippen LogP contribution in [0.15, 0.2) is 46.9 Å². The van der Waals surface area contributed by atoms with E-state index in [9.17, 15) is 0 Å². The number of anilines is 1. The van der Waals surface area contributed by atoms with E-state index in [2.05, 4.69) is 55.3 Å². The minimum atomic E-state index is 0.704. The van der Waals surface area contributed by atoms with Gasteiger partial charge in [0.1, 0.15) is 11.3 Å². The minimum Gasteiger partial charge on any atom is -0.461 e. The molecule has 4 heteroatoms. The van der Waals surface area contributed by atoms with Gasteiger partial charge in [-0.2, -0.15) is 0 Å². The molecule has 1 aromatic heterocycles. The molecule has 0 aliphatic carbocycles. The van der Waals surface area contributed by atoms with Crippen molar-refractivity contribution in [2.45, 2.75) is 33.7 Å². The quantitative estimate of drug-likeness (QED) is 0.633. The van der Waals surface area contributed by atoms with Gasteiger partial charge in [-0.25, -0.2) is 0 Å². The lowest BCUT2D eigenvalue weighted by atomic mass is 10.1. The number of furan rings is 1. The Balaban J connectivity index is 1.78. The highest BCUT2D eigenvalue weighted by Gasteiger charge is 2.15. The smallest absolute Gasteiger partial charge is 0.173 e. The molecule has 0 amide bonds. The third-order valence-electron chi connectivity index (χ3n) is 4.60. The Bertz CT molecular complexity index is 913. The number of hydrogen-bond acceptors (Lipinski definition) is 2. The van der Waals surface area contributed by atoms with Crippen molar-refractivity contribution in [1.29, 1.82) is 0 Å². The number of aryl methyl sites for hydroxylation is 3. The topological polar surface area (TPSA) is 28.4 Å². The van der Waals surface area contributed by atoms with Gasteiger partial charge in [-0.1, -0.05) is 31.2 Å². The fraction of sp³-hybridized carbons (Fsp3) is 0.286. The molecule has 2 aromatic carbocycles. The number of thiocarbonyl (C=S) groups is 1. The van der Waals surface area contributed by atoms with Gasteiger partial charge in [-0.15, -0.1) is 0 Å². The van der Waals surface area contributed by atoms with Gasteiger partial charge >= 0.3 is 0 Å². The number of rotatable bonds is 4. The molecule has 0 aliphatic rings. The molecular formula is C21H24N2OS. The SMILES string of the molecule is CCc1oc2ccccc2c1CN(C)C(=S)Nc1ccc(C)c(C)c1. The summed E-state index contributed by atoms with van der Waals surface area (Å²) < 4.78 is 5.99. The van der Waals surface area contributed by atoms with Crippen LogP contribution in [-0.2, 0) is 13.0 Å². The van der Waals surface area contributed by atoms with E-state index in [1.165, 1.54) is 22.1 Å². The second-order valence-corrected chi connectivity index (χ2v) is 6.83. The Labute approximate surface area is 154 Å². The van der Waals surface area contributed by atoms with E-state index in [-0.39, 0.29) is 0 Å². The zero-order valence-electron chi connectivity index (χ0n) is 15.2. The largest absolute Gasteiger partial charge is 0.461 e. The van der Waals surface area contributed by atoms with Crippen LogP contribution in [-0.4, -0.2) is 17.1 Å². The Morgan fingerprint density at radius 2 is 1.88 bits per heavy atom. The van der Waals surface area contributed by atoms with Crippen LogP contribution in [0.4, 0.5) is 5.69 Å². The van der Waals surface area contributed by atoms with Gasteiger partial charge in [0, 0.05) is 36.7 Å². The summed E-state index contributed by atoms with van der Waals surface area (Å²) in [6, 6.07) is 14.5. The molecule has 1 heterocycles. The number of benzene rings is 2. The predicted molar refractivity (Wildman–Crippen MR) is 109 cm³/mol. The first-order chi connectivity index (χ1) is 12.0. The van der Waals surface area contributed by atoms with E-state index >= 15 is 0 Å². The summed E-state index contributed by atoms with van der Waals surface area (Å²) in [5, 5.41) is 5.21. The van der Waals surface area contributed by atoms with Crippen LogP contribution < -0.4 is 5.32 Å². The van der Waals surface area contributed by atoms with E-state index in [0.717, 1.165) is 30.0 Å². The van der Waals surface area contributed by atoms with Crippen molar-refractivity contribution in [3.05, 3.63) is 64.9 Å². The standard InChI is InChI=1S/C21H24N2OS/c1-5-19-18(17-8-6-7-9-20(17)24-19)13-23(4)21(25)22-16-11-10-14(2)15(3)12-16/h6-12H,5,13H2,1-4H3,(H,22,25). The molecule has 0 radical (unpaired) electrons. The third kappa shape index (κ3) is 3.69. The molecule has 0 atom stereocenters. The molecule has 0 aliphatic heterocycles. The molecule has 0 saturated carbocycles. The summed E-state index contributed by atoms with van der Waals surface area (Å²) in [4.78, 5) is 2.06. The maximum absolute atomic E-state index is 5.99. The van der Waals surface area contributed by atoms with E-state index in [4.69, 9.17) is 16.6 Å². The summed E-state index contributed by atoms with van der Waals surface area (Å²) in [6.07, 6.45) is 0.870. The lowest BCUT2D eigenvalue weighted by Gasteiger charge is -2.21. The van der Waals surface area contributed by atoms with Crippen LogP contribution in [0.3, 0.4) is 0 Å². The van der Waals surface area contributed by atoms with Gasteiger partial charge < -0.3 is 14.6 Å². The third-order valence-corrected chi connectivity index (χ3v) is 5.02. The van der Waals surface area contributed by atoms with Crippen molar-refractivity contribution < 1.29 is 4.42 Å². The number of nitrogens with one attached hydrogen (secondary N) is 1. The normalized spacial score (nSPS) is 10.9. The first-order valence-electron chi connectivity index (χ1n) is 8.58. The molecule has 3 aromatic rings. The van der Waals surface area contributed by atoms with Crippen molar-refractivity contribution in [1.82, 2.24) is 4.90 Å². The fourth-order valence-corrected chi connectivity index (χ4v) is 3.14. The van der Waals surface area contributed by atoms with E-state index in [1.807, 2.05) is 25.2 Å². The van der Waals surface area contributed by atoms with Crippen molar-refractivity contribution in [2.75, 3.05) is 12.4 Å². The molecule has 0 bridgehead atoms. The highest BCUT2D eigenvalue weighted by molar-refractivity contribution is 7.80. The monoisotopic (exact) mass is 352 g/mol. The second kappa shape index (κ2) is 7.28. The highest BCUT2D eigenvalue weighted by atomic mass is 32.1. The van der Waals surface area contributed by atoms with Crippen LogP contribution in [0.5, 0.6) is 0 Å². The number of hydrogen-bond donors (Lipinski definition) is 1. The molecule has 130 valence electrons. The molecule has 0 unspecified atom stereocenters. The highest BCUT2D eigenvalue weighted by Crippen LogP contribution is 2.27. The zero-order valence-corrected chi connectivity index (χ0v) is 16.0. The van der Waals surface area contributed by atoms with Crippen molar-refractivity contribution in [2.24, 2.45) is 0 Å². The molecule has 0 spiro atoms. The van der Waals surface area contributed by atoms with Crippen LogP contribution in [0.25, 0.3) is 11.0 Å². The van der Waals surface area contributed by atoms with Gasteiger partial charge in [0.25, 0.3) is 0 Å². The van der Waals surface area contributed by atoms with Crippen molar-refractivity contribution in [3.63, 3.8) is 0 Å². The Hall–Kier alpha value is -2.33. The van der Waals surface area contributed by atoms with Gasteiger partial charge in [0.2, 0.25) is 0 Å². The molecular weight excluding hydrogens is 328 g/mol. The van der Waals surface area contributed by atoms with Crippen LogP contribution in [0.1, 0.15) is 29.4 Å². The first-order valence-corrected chi connectivity index (χ1v) is 8.99. The maximum Gasteiger partial charge on any atom is 0.173 e. The van der Waals surface area contributed by atoms with Gasteiger partial charge in [0.05, 0.1) is 0 Å². The number of para-hydroxylation sites is 1. The molecule has 3 nitrogen and oxygen atoms in total. The van der Waals surface area contributed by atoms with E-state index < -0.39 is 0 Å². The zero-order chi connectivity index (χ0) is 18.0. The van der Waals surface area contributed by atoms with Crippen LogP contribution in [0, 0.1) is 13.8 Å². The van der Waals surface area contributed by atoms with Crippen molar-refractivity contribution >= 4 is 34.0 Å².